The van der Waals surface area contributed by atoms with Gasteiger partial charge < -0.3 is 14.2 Å². The Hall–Kier alpha value is -3.72. The zero-order chi connectivity index (χ0) is 23.7. The summed E-state index contributed by atoms with van der Waals surface area (Å²) in [6.07, 6.45) is 8.27. The second-order valence-corrected chi connectivity index (χ2v) is 9.15. The minimum atomic E-state index is -0.00160. The van der Waals surface area contributed by atoms with Crippen LogP contribution in [0.4, 0.5) is 0 Å². The van der Waals surface area contributed by atoms with E-state index in [0.717, 1.165) is 46.7 Å². The average Bonchev–Trinajstić information content (AvgIpc) is 3.50. The van der Waals surface area contributed by atoms with Crippen LogP contribution in [0.25, 0.3) is 11.1 Å². The number of fused-ring (bicyclic) bond motifs is 1. The highest BCUT2D eigenvalue weighted by Gasteiger charge is 2.28. The Morgan fingerprint density at radius 1 is 1.21 bits per heavy atom. The van der Waals surface area contributed by atoms with E-state index in [1.807, 2.05) is 50.3 Å². The van der Waals surface area contributed by atoms with Crippen LogP contribution in [0.15, 0.2) is 54.4 Å². The lowest BCUT2D eigenvalue weighted by Crippen LogP contribution is -2.37. The maximum Gasteiger partial charge on any atom is 0.254 e. The molecule has 0 atom stereocenters. The van der Waals surface area contributed by atoms with Crippen molar-refractivity contribution >= 4 is 17.2 Å². The predicted molar refractivity (Wildman–Crippen MR) is 130 cm³/mol. The highest BCUT2D eigenvalue weighted by molar-refractivity contribution is 7.06. The summed E-state index contributed by atoms with van der Waals surface area (Å²) in [5.41, 5.74) is 5.61. The van der Waals surface area contributed by atoms with E-state index in [1.54, 1.807) is 19.4 Å². The Balaban J connectivity index is 1.54. The molecule has 5 rings (SSSR count). The molecular weight excluding hydrogens is 448 g/mol. The molecule has 1 N–H and O–H groups in total. The van der Waals surface area contributed by atoms with Gasteiger partial charge in [0.1, 0.15) is 5.75 Å². The summed E-state index contributed by atoms with van der Waals surface area (Å²) in [6.45, 7) is 4.43. The average molecular weight is 475 g/mol. The lowest BCUT2D eigenvalue weighted by atomic mass is 9.89. The molecule has 0 saturated heterocycles. The summed E-state index contributed by atoms with van der Waals surface area (Å²) >= 11 is 1.39. The number of amides is 1. The number of methoxy groups -OCH3 is 1. The summed E-state index contributed by atoms with van der Waals surface area (Å²) in [5.74, 6) is 0.727. The monoisotopic (exact) mass is 474 g/mol. The van der Waals surface area contributed by atoms with Gasteiger partial charge in [0.25, 0.3) is 5.91 Å². The molecule has 174 valence electrons. The number of thiazole rings is 1. The van der Waals surface area contributed by atoms with Crippen molar-refractivity contribution in [2.75, 3.05) is 13.7 Å². The van der Waals surface area contributed by atoms with Crippen LogP contribution in [0.3, 0.4) is 0 Å². The molecule has 0 radical (unpaired) electrons. The summed E-state index contributed by atoms with van der Waals surface area (Å²) in [6, 6.07) is 7.80. The van der Waals surface area contributed by atoms with E-state index in [1.165, 1.54) is 11.3 Å². The van der Waals surface area contributed by atoms with Gasteiger partial charge in [0.05, 0.1) is 25.5 Å². The third-order valence-corrected chi connectivity index (χ3v) is 6.85. The fraction of sp³-hybridized carbons (Fsp3) is 0.280. The van der Waals surface area contributed by atoms with Gasteiger partial charge in [-0.15, -0.1) is 11.3 Å². The van der Waals surface area contributed by atoms with Crippen LogP contribution in [-0.2, 0) is 26.1 Å². The van der Waals surface area contributed by atoms with Gasteiger partial charge in [0.15, 0.2) is 4.80 Å². The first-order chi connectivity index (χ1) is 16.6. The number of rotatable bonds is 7. The molecule has 9 heteroatoms. The fourth-order valence-electron chi connectivity index (χ4n) is 4.38. The number of ether oxygens (including phenoxy) is 1. The van der Waals surface area contributed by atoms with Gasteiger partial charge in [0.2, 0.25) is 0 Å². The van der Waals surface area contributed by atoms with Crippen LogP contribution in [0, 0.1) is 5.41 Å². The maximum atomic E-state index is 13.6. The van der Waals surface area contributed by atoms with Crippen LogP contribution in [-0.4, -0.2) is 43.8 Å². The van der Waals surface area contributed by atoms with Crippen LogP contribution >= 0.6 is 11.3 Å². The molecular formula is C25H26N6O2S. The SMILES string of the molecule is CCn1cc(-c2cc(Cn3ccsc3=N)cc3c2CCN(Cc2cc(OC)ccn2)C3=O)cn1. The number of hydrogen-bond donors (Lipinski definition) is 1. The van der Waals surface area contributed by atoms with Crippen LogP contribution < -0.4 is 9.54 Å². The number of carbonyl (C=O) groups excluding carboxylic acids is 1. The molecule has 1 aliphatic rings. The van der Waals surface area contributed by atoms with E-state index >= 15 is 0 Å². The molecule has 1 amide bonds. The summed E-state index contributed by atoms with van der Waals surface area (Å²) < 4.78 is 9.09. The van der Waals surface area contributed by atoms with E-state index in [0.29, 0.717) is 30.0 Å². The Bertz CT molecular complexity index is 1400. The Morgan fingerprint density at radius 2 is 2.06 bits per heavy atom. The second kappa shape index (κ2) is 9.26. The molecule has 1 aromatic carbocycles. The van der Waals surface area contributed by atoms with Crippen molar-refractivity contribution in [2.24, 2.45) is 0 Å². The first kappa shape index (κ1) is 22.1. The minimum absolute atomic E-state index is 0.00160. The summed E-state index contributed by atoms with van der Waals surface area (Å²) in [5, 5.41) is 14.5. The Morgan fingerprint density at radius 3 is 2.79 bits per heavy atom. The normalized spacial score (nSPS) is 13.2. The number of nitrogens with zero attached hydrogens (tertiary/aromatic N) is 5. The van der Waals surface area contributed by atoms with Crippen molar-refractivity contribution in [2.45, 2.75) is 33.0 Å². The fourth-order valence-corrected chi connectivity index (χ4v) is 4.97. The lowest BCUT2D eigenvalue weighted by molar-refractivity contribution is 0.0725. The van der Waals surface area contributed by atoms with Crippen molar-refractivity contribution in [3.63, 3.8) is 0 Å². The van der Waals surface area contributed by atoms with E-state index in [-0.39, 0.29) is 5.91 Å². The molecule has 0 fully saturated rings. The van der Waals surface area contributed by atoms with Crippen molar-refractivity contribution < 1.29 is 9.53 Å². The highest BCUT2D eigenvalue weighted by atomic mass is 32.1. The predicted octanol–water partition coefficient (Wildman–Crippen LogP) is 3.56. The number of pyridine rings is 1. The smallest absolute Gasteiger partial charge is 0.254 e. The second-order valence-electron chi connectivity index (χ2n) is 8.25. The number of hydrogen-bond acceptors (Lipinski definition) is 6. The third kappa shape index (κ3) is 4.26. The molecule has 4 aromatic rings. The topological polar surface area (TPSA) is 89.0 Å². The van der Waals surface area contributed by atoms with E-state index in [9.17, 15) is 4.79 Å². The van der Waals surface area contributed by atoms with Gasteiger partial charge in [-0.2, -0.15) is 5.10 Å². The van der Waals surface area contributed by atoms with Crippen molar-refractivity contribution in [1.29, 1.82) is 5.41 Å². The molecule has 0 aliphatic carbocycles. The number of nitrogens with one attached hydrogen (secondary N) is 1. The molecule has 1 aliphatic heterocycles. The molecule has 34 heavy (non-hydrogen) atoms. The molecule has 3 aromatic heterocycles. The number of aromatic nitrogens is 4. The largest absolute Gasteiger partial charge is 0.497 e. The van der Waals surface area contributed by atoms with E-state index < -0.39 is 0 Å². The maximum absolute atomic E-state index is 13.6. The molecule has 0 unspecified atom stereocenters. The highest BCUT2D eigenvalue weighted by Crippen LogP contribution is 2.32. The summed E-state index contributed by atoms with van der Waals surface area (Å²) in [4.78, 5) is 20.4. The van der Waals surface area contributed by atoms with Crippen LogP contribution in [0.5, 0.6) is 5.75 Å². The molecule has 8 nitrogen and oxygen atoms in total. The van der Waals surface area contributed by atoms with Gasteiger partial charge in [-0.1, -0.05) is 0 Å². The molecule has 0 bridgehead atoms. The zero-order valence-electron chi connectivity index (χ0n) is 19.2. The van der Waals surface area contributed by atoms with Gasteiger partial charge in [-0.3, -0.25) is 19.9 Å². The first-order valence-corrected chi connectivity index (χ1v) is 12.1. The number of benzene rings is 1. The standard InChI is InChI=1S/C25H26N6O2S/c1-3-31-15-18(13-28-31)22-10-17(14-30-8-9-34-25(30)26)11-23-21(22)5-7-29(24(23)32)16-19-12-20(33-2)4-6-27-19/h4,6,8-13,15,26H,3,5,7,14,16H2,1-2H3. The quantitative estimate of drug-likeness (QED) is 0.444. The van der Waals surface area contributed by atoms with Gasteiger partial charge in [0, 0.05) is 60.8 Å². The van der Waals surface area contributed by atoms with Gasteiger partial charge >= 0.3 is 0 Å². The van der Waals surface area contributed by atoms with Crippen molar-refractivity contribution in [1.82, 2.24) is 24.2 Å². The van der Waals surface area contributed by atoms with E-state index in [4.69, 9.17) is 10.1 Å². The van der Waals surface area contributed by atoms with Gasteiger partial charge in [-0.25, -0.2) is 0 Å². The van der Waals surface area contributed by atoms with E-state index in [2.05, 4.69) is 23.1 Å². The minimum Gasteiger partial charge on any atom is -0.497 e. The van der Waals surface area contributed by atoms with Gasteiger partial charge in [-0.05, 0) is 48.2 Å². The van der Waals surface area contributed by atoms with Crippen molar-refractivity contribution in [3.8, 4) is 16.9 Å². The zero-order valence-corrected chi connectivity index (χ0v) is 20.0. The Kier molecular flexibility index (Phi) is 6.02. The molecule has 0 spiro atoms. The first-order valence-electron chi connectivity index (χ1n) is 11.2. The number of aryl methyl sites for hydroxylation is 1. The van der Waals surface area contributed by atoms with Crippen molar-refractivity contribution in [3.05, 3.63) is 81.6 Å². The summed E-state index contributed by atoms with van der Waals surface area (Å²) in [7, 11) is 1.62. The van der Waals surface area contributed by atoms with Crippen LogP contribution in [0.1, 0.15) is 34.1 Å². The number of carbonyl (C=O) groups is 1. The third-order valence-electron chi connectivity index (χ3n) is 6.14. The lowest BCUT2D eigenvalue weighted by Gasteiger charge is -2.30. The molecule has 0 saturated carbocycles. The Labute approximate surface area is 201 Å². The molecule has 4 heterocycles. The van der Waals surface area contributed by atoms with Crippen LogP contribution in [0.2, 0.25) is 0 Å².